The minimum absolute atomic E-state index is 0.691. The first-order valence-electron chi connectivity index (χ1n) is 21.6. The van der Waals surface area contributed by atoms with E-state index >= 15 is 0 Å². The summed E-state index contributed by atoms with van der Waals surface area (Å²) < 4.78 is 343. The minimum Gasteiger partial charge on any atom is -0.194 e. The normalized spacial score (nSPS) is 13.4. The van der Waals surface area contributed by atoms with Gasteiger partial charge >= 0.3 is 49.4 Å². The molecule has 0 radical (unpaired) electrons. The molecule has 7 aromatic rings. The molecule has 0 amide bonds. The van der Waals surface area contributed by atoms with Crippen LogP contribution in [0.5, 0.6) is 0 Å². The van der Waals surface area contributed by atoms with Gasteiger partial charge in [0.1, 0.15) is 6.15 Å². The summed E-state index contributed by atoms with van der Waals surface area (Å²) in [5.41, 5.74) is -26.3. The molecule has 0 aliphatic heterocycles. The molecule has 6 aromatic carbocycles. The second-order valence-corrected chi connectivity index (χ2v) is 17.2. The third kappa shape index (κ3) is 13.3. The number of rotatable bonds is 8. The van der Waals surface area contributed by atoms with Crippen LogP contribution < -0.4 is 26.4 Å². The van der Waals surface area contributed by atoms with E-state index in [4.69, 9.17) is 0 Å². The van der Waals surface area contributed by atoms with Crippen molar-refractivity contribution in [3.63, 3.8) is 0 Å². The monoisotopic (exact) mass is 1120 g/mol. The molecule has 0 atom stereocenters. The summed E-state index contributed by atoms with van der Waals surface area (Å²) in [5.74, 6) is 0. The van der Waals surface area contributed by atoms with E-state index in [-0.39, 0.29) is 0 Å². The smallest absolute Gasteiger partial charge is 0.194 e. The number of benzene rings is 6. The lowest BCUT2D eigenvalue weighted by Gasteiger charge is -2.46. The molecule has 0 aliphatic carbocycles. The van der Waals surface area contributed by atoms with Gasteiger partial charge in [0.25, 0.3) is 0 Å². The third-order valence-electron chi connectivity index (χ3n) is 12.0. The summed E-state index contributed by atoms with van der Waals surface area (Å²) in [5, 5.41) is 1.27. The summed E-state index contributed by atoms with van der Waals surface area (Å²) in [7, 11) is 0. The molecule has 0 saturated heterocycles. The largest absolute Gasteiger partial charge is 0.416 e. The van der Waals surface area contributed by atoms with Crippen LogP contribution in [-0.4, -0.2) is 6.15 Å². The zero-order valence-electron chi connectivity index (χ0n) is 38.1. The van der Waals surface area contributed by atoms with Gasteiger partial charge in [-0.15, -0.1) is 6.58 Å². The molecule has 1 heterocycles. The van der Waals surface area contributed by atoms with Crippen LogP contribution in [0.1, 0.15) is 55.8 Å². The molecule has 410 valence electrons. The number of hydrogen-bond donors (Lipinski definition) is 0. The van der Waals surface area contributed by atoms with Gasteiger partial charge in [-0.1, -0.05) is 97.1 Å². The van der Waals surface area contributed by atoms with Crippen molar-refractivity contribution in [1.82, 2.24) is 0 Å². The third-order valence-corrected chi connectivity index (χ3v) is 12.0. The molecular weight excluding hydrogens is 1090 g/mol. The number of pyridine rings is 1. The van der Waals surface area contributed by atoms with Crippen molar-refractivity contribution in [2.24, 2.45) is 0 Å². The Labute approximate surface area is 418 Å². The van der Waals surface area contributed by atoms with E-state index in [0.29, 0.717) is 0 Å². The molecule has 0 bridgehead atoms. The van der Waals surface area contributed by atoms with E-state index in [9.17, 15) is 105 Å². The Morgan fingerprint density at radius 2 is 0.610 bits per heavy atom. The van der Waals surface area contributed by atoms with Crippen molar-refractivity contribution in [3.8, 4) is 0 Å². The molecule has 0 unspecified atom stereocenters. The summed E-state index contributed by atoms with van der Waals surface area (Å²) in [6.07, 6.45) is -52.0. The first-order chi connectivity index (χ1) is 35.1. The Morgan fingerprint density at radius 1 is 0.338 bits per heavy atom. The highest BCUT2D eigenvalue weighted by atomic mass is 19.4. The van der Waals surface area contributed by atoms with Gasteiger partial charge in [0.15, 0.2) is 12.2 Å². The predicted octanol–water partition coefficient (Wildman–Crippen LogP) is 15.1. The second kappa shape index (κ2) is 20.7. The Hall–Kier alpha value is -7.15. The molecular formula is C51H30BF24N. The molecule has 0 spiro atoms. The van der Waals surface area contributed by atoms with Gasteiger partial charge in [-0.05, 0) is 36.4 Å². The summed E-state index contributed by atoms with van der Waals surface area (Å²) >= 11 is 0. The van der Waals surface area contributed by atoms with Gasteiger partial charge in [0.2, 0.25) is 5.52 Å². The van der Waals surface area contributed by atoms with E-state index in [0.717, 1.165) is 13.0 Å². The van der Waals surface area contributed by atoms with Gasteiger partial charge in [-0.3, -0.25) is 0 Å². The van der Waals surface area contributed by atoms with E-state index < -0.39 is 195 Å². The fourth-order valence-electron chi connectivity index (χ4n) is 8.65. The molecule has 0 saturated carbocycles. The van der Waals surface area contributed by atoms with Gasteiger partial charge in [-0.25, -0.2) is 0 Å². The number of alkyl halides is 24. The lowest BCUT2D eigenvalue weighted by Crippen LogP contribution is -2.75. The summed E-state index contributed by atoms with van der Waals surface area (Å²) in [6, 6.07) is 14.7. The zero-order chi connectivity index (χ0) is 57.7. The van der Waals surface area contributed by atoms with E-state index in [1.165, 1.54) is 22.2 Å². The van der Waals surface area contributed by atoms with Crippen LogP contribution in [0.3, 0.4) is 0 Å². The fourth-order valence-corrected chi connectivity index (χ4v) is 8.65. The molecule has 26 heteroatoms. The van der Waals surface area contributed by atoms with Crippen molar-refractivity contribution in [1.29, 1.82) is 0 Å². The van der Waals surface area contributed by atoms with Crippen molar-refractivity contribution in [2.75, 3.05) is 0 Å². The topological polar surface area (TPSA) is 3.88 Å². The zero-order valence-corrected chi connectivity index (χ0v) is 38.1. The first-order valence-corrected chi connectivity index (χ1v) is 21.6. The molecule has 0 aliphatic rings. The number of halogens is 24. The lowest BCUT2D eigenvalue weighted by molar-refractivity contribution is -0.669. The van der Waals surface area contributed by atoms with Crippen molar-refractivity contribution < 1.29 is 110 Å². The fraction of sp³-hybridized carbons (Fsp3) is 0.196. The van der Waals surface area contributed by atoms with Gasteiger partial charge < -0.3 is 0 Å². The lowest BCUT2D eigenvalue weighted by atomic mass is 9.12. The predicted molar refractivity (Wildman–Crippen MR) is 234 cm³/mol. The molecule has 1 aromatic heterocycles. The second-order valence-electron chi connectivity index (χ2n) is 17.2. The highest BCUT2D eigenvalue weighted by Gasteiger charge is 2.47. The Kier molecular flexibility index (Phi) is 15.9. The standard InChI is InChI=1S/C32H12BF24.C19H18N/c34-25(35,36)13-1-14(26(37,38)39)6-21(5-13)33(22-7-15(27(40,41)42)2-16(8-22)28(43,44)45,23-9-17(29(46,47)48)3-18(10-23)30(49,50)51)24-11-19(31(52,53)54)4-20(12-24)32(55,56)57;1-2-8-18-14-13-17-11-6-7-12-19(17)20(18)15-16-9-4-3-5-10-16/h1-12H;2-7,9-14H,1,8,15H2/q-1;+1. The highest BCUT2D eigenvalue weighted by Crippen LogP contribution is 2.41. The van der Waals surface area contributed by atoms with Crippen LogP contribution in [0.25, 0.3) is 10.9 Å². The number of hydrogen-bond acceptors (Lipinski definition) is 0. The summed E-state index contributed by atoms with van der Waals surface area (Å²) in [4.78, 5) is 0. The maximum Gasteiger partial charge on any atom is 0.416 e. The van der Waals surface area contributed by atoms with Crippen LogP contribution in [0, 0.1) is 0 Å². The number of allylic oxidation sites excluding steroid dienone is 1. The Balaban J connectivity index is 0.000000397. The number of aromatic nitrogens is 1. The molecule has 1 nitrogen and oxygen atoms in total. The maximum absolute atomic E-state index is 14.2. The maximum atomic E-state index is 14.2. The van der Waals surface area contributed by atoms with E-state index in [1.807, 2.05) is 6.08 Å². The molecule has 0 fully saturated rings. The van der Waals surface area contributed by atoms with Gasteiger partial charge in [-0.2, -0.15) is 132 Å². The molecule has 7 rings (SSSR count). The highest BCUT2D eigenvalue weighted by molar-refractivity contribution is 7.20. The van der Waals surface area contributed by atoms with Crippen molar-refractivity contribution >= 4 is 38.9 Å². The van der Waals surface area contributed by atoms with Crippen LogP contribution in [0.15, 0.2) is 152 Å². The van der Waals surface area contributed by atoms with E-state index in [2.05, 4.69) is 77.9 Å². The quantitative estimate of drug-likeness (QED) is 0.0618. The van der Waals surface area contributed by atoms with Crippen LogP contribution >= 0.6 is 0 Å². The number of nitrogens with zero attached hydrogens (tertiary/aromatic N) is 1. The minimum atomic E-state index is -6.13. The first kappa shape index (κ1) is 59.1. The van der Waals surface area contributed by atoms with Gasteiger partial charge in [0.05, 0.1) is 50.9 Å². The van der Waals surface area contributed by atoms with Crippen molar-refractivity contribution in [2.45, 2.75) is 62.4 Å². The van der Waals surface area contributed by atoms with Crippen LogP contribution in [0.4, 0.5) is 105 Å². The summed E-state index contributed by atoms with van der Waals surface area (Å²) in [6.45, 7) is 4.77. The molecule has 77 heavy (non-hydrogen) atoms. The number of para-hydroxylation sites is 1. The van der Waals surface area contributed by atoms with Crippen LogP contribution in [0.2, 0.25) is 0 Å². The van der Waals surface area contributed by atoms with Crippen LogP contribution in [-0.2, 0) is 62.4 Å². The van der Waals surface area contributed by atoms with E-state index in [1.54, 1.807) is 0 Å². The Bertz CT molecular complexity index is 2830. The van der Waals surface area contributed by atoms with Gasteiger partial charge in [0, 0.05) is 23.1 Å². The SMILES string of the molecule is C=CCc1ccc2ccccc2[n+]1Cc1ccccc1.FC(F)(F)c1cc([B-](c2cc(C(F)(F)F)cc(C(F)(F)F)c2)(c2cc(C(F)(F)F)cc(C(F)(F)F)c2)c2cc(C(F)(F)F)cc(C(F)(F)F)c2)cc(C(F)(F)F)c1. The average Bonchev–Trinajstić information content (AvgIpc) is 3.30. The number of fused-ring (bicyclic) bond motifs is 1. The Morgan fingerprint density at radius 3 is 0.883 bits per heavy atom. The average molecular weight is 1120 g/mol. The van der Waals surface area contributed by atoms with Crippen molar-refractivity contribution in [3.05, 3.63) is 208 Å². The molecule has 0 N–H and O–H groups in total.